The zero-order valence-corrected chi connectivity index (χ0v) is 12.5. The van der Waals surface area contributed by atoms with Gasteiger partial charge in [0.2, 0.25) is 15.9 Å². The van der Waals surface area contributed by atoms with Gasteiger partial charge in [0.15, 0.2) is 0 Å². The molecule has 0 saturated carbocycles. The number of aryl methyl sites for hydroxylation is 1. The van der Waals surface area contributed by atoms with E-state index in [2.05, 4.69) is 10.0 Å². The van der Waals surface area contributed by atoms with E-state index in [1.165, 1.54) is 19.2 Å². The van der Waals surface area contributed by atoms with E-state index in [9.17, 15) is 13.2 Å². The average Bonchev–Trinajstić information content (AvgIpc) is 2.45. The Hall–Kier alpha value is -1.44. The smallest absolute Gasteiger partial charge is 0.241 e. The fourth-order valence-corrected chi connectivity index (χ4v) is 2.49. The first-order valence-corrected chi connectivity index (χ1v) is 7.82. The molecule has 7 heteroatoms. The van der Waals surface area contributed by atoms with Crippen LogP contribution in [0.1, 0.15) is 12.5 Å². The molecule has 0 bridgehead atoms. The largest absolute Gasteiger partial charge is 0.383 e. The van der Waals surface area contributed by atoms with E-state index in [1.807, 2.05) is 6.92 Å². The van der Waals surface area contributed by atoms with Crippen molar-refractivity contribution in [2.45, 2.75) is 18.2 Å². The molecule has 0 aromatic heterocycles. The highest BCUT2D eigenvalue weighted by molar-refractivity contribution is 7.89. The molecule has 112 valence electrons. The van der Waals surface area contributed by atoms with Gasteiger partial charge in [-0.05, 0) is 24.1 Å². The first-order valence-electron chi connectivity index (χ1n) is 6.34. The van der Waals surface area contributed by atoms with Gasteiger partial charge in [0.1, 0.15) is 0 Å². The number of nitrogens with one attached hydrogen (secondary N) is 2. The van der Waals surface area contributed by atoms with E-state index < -0.39 is 15.9 Å². The molecule has 1 aromatic carbocycles. The number of hydrogen-bond donors (Lipinski definition) is 2. The molecule has 20 heavy (non-hydrogen) atoms. The normalized spacial score (nSPS) is 11.3. The highest BCUT2D eigenvalue weighted by Gasteiger charge is 2.14. The van der Waals surface area contributed by atoms with Crippen LogP contribution in [0.3, 0.4) is 0 Å². The summed E-state index contributed by atoms with van der Waals surface area (Å²) in [5, 5.41) is 2.53. The van der Waals surface area contributed by atoms with Crippen LogP contribution < -0.4 is 10.0 Å². The van der Waals surface area contributed by atoms with Crippen LogP contribution in [0.25, 0.3) is 0 Å². The first kappa shape index (κ1) is 16.6. The zero-order chi connectivity index (χ0) is 15.0. The quantitative estimate of drug-likeness (QED) is 0.676. The van der Waals surface area contributed by atoms with Crippen molar-refractivity contribution < 1.29 is 17.9 Å². The summed E-state index contributed by atoms with van der Waals surface area (Å²) in [5.74, 6) is -0.393. The van der Waals surface area contributed by atoms with Crippen molar-refractivity contribution in [2.75, 3.05) is 26.8 Å². The van der Waals surface area contributed by atoms with Gasteiger partial charge in [0.05, 0.1) is 18.0 Å². The monoisotopic (exact) mass is 300 g/mol. The summed E-state index contributed by atoms with van der Waals surface area (Å²) < 4.78 is 30.9. The fourth-order valence-electron chi connectivity index (χ4n) is 1.50. The van der Waals surface area contributed by atoms with E-state index in [4.69, 9.17) is 4.74 Å². The SMILES string of the molecule is CCc1ccc(S(=O)(=O)NCC(=O)NCCOC)cc1. The second-order valence-corrected chi connectivity index (χ2v) is 5.93. The van der Waals surface area contributed by atoms with Crippen molar-refractivity contribution in [3.63, 3.8) is 0 Å². The maximum Gasteiger partial charge on any atom is 0.241 e. The highest BCUT2D eigenvalue weighted by atomic mass is 32.2. The number of carbonyl (C=O) groups is 1. The van der Waals surface area contributed by atoms with Crippen molar-refractivity contribution in [2.24, 2.45) is 0 Å². The Labute approximate surface area is 119 Å². The lowest BCUT2D eigenvalue weighted by atomic mass is 10.2. The third-order valence-corrected chi connectivity index (χ3v) is 4.11. The minimum atomic E-state index is -3.65. The molecule has 0 aliphatic rings. The molecule has 0 spiro atoms. The second-order valence-electron chi connectivity index (χ2n) is 4.16. The predicted octanol–water partition coefficient (Wildman–Crippen LogP) is 0.290. The topological polar surface area (TPSA) is 84.5 Å². The lowest BCUT2D eigenvalue weighted by Gasteiger charge is -2.08. The Balaban J connectivity index is 2.54. The second kappa shape index (κ2) is 7.98. The molecule has 1 aromatic rings. The number of ether oxygens (including phenoxy) is 1. The molecule has 2 N–H and O–H groups in total. The Bertz CT molecular complexity index is 526. The van der Waals surface area contributed by atoms with Crippen LogP contribution in [0.2, 0.25) is 0 Å². The maximum atomic E-state index is 12.0. The van der Waals surface area contributed by atoms with Crippen molar-refractivity contribution in [1.82, 2.24) is 10.0 Å². The van der Waals surface area contributed by atoms with Crippen molar-refractivity contribution in [1.29, 1.82) is 0 Å². The van der Waals surface area contributed by atoms with Gasteiger partial charge in [-0.3, -0.25) is 4.79 Å². The van der Waals surface area contributed by atoms with Gasteiger partial charge < -0.3 is 10.1 Å². The molecule has 0 fully saturated rings. The van der Waals surface area contributed by atoms with Gasteiger partial charge >= 0.3 is 0 Å². The summed E-state index contributed by atoms with van der Waals surface area (Å²) in [6, 6.07) is 6.58. The molecular weight excluding hydrogens is 280 g/mol. The van der Waals surface area contributed by atoms with E-state index >= 15 is 0 Å². The molecule has 0 saturated heterocycles. The van der Waals surface area contributed by atoms with E-state index in [0.717, 1.165) is 12.0 Å². The van der Waals surface area contributed by atoms with Gasteiger partial charge in [-0.15, -0.1) is 0 Å². The van der Waals surface area contributed by atoms with Gasteiger partial charge in [0, 0.05) is 13.7 Å². The maximum absolute atomic E-state index is 12.0. The molecule has 1 amide bonds. The molecule has 1 rings (SSSR count). The lowest BCUT2D eigenvalue weighted by Crippen LogP contribution is -2.38. The van der Waals surface area contributed by atoms with Gasteiger partial charge in [-0.1, -0.05) is 19.1 Å². The van der Waals surface area contributed by atoms with Gasteiger partial charge in [-0.2, -0.15) is 0 Å². The number of benzene rings is 1. The number of hydrogen-bond acceptors (Lipinski definition) is 4. The molecule has 0 aliphatic heterocycles. The number of rotatable bonds is 8. The summed E-state index contributed by atoms with van der Waals surface area (Å²) in [6.07, 6.45) is 0.843. The average molecular weight is 300 g/mol. The van der Waals surface area contributed by atoms with E-state index in [1.54, 1.807) is 12.1 Å². The third kappa shape index (κ3) is 5.28. The number of carbonyl (C=O) groups excluding carboxylic acids is 1. The predicted molar refractivity (Wildman–Crippen MR) is 75.9 cm³/mol. The van der Waals surface area contributed by atoms with Gasteiger partial charge in [-0.25, -0.2) is 13.1 Å². The Morgan fingerprint density at radius 2 is 1.90 bits per heavy atom. The summed E-state index contributed by atoms with van der Waals surface area (Å²) in [5.41, 5.74) is 1.06. The number of sulfonamides is 1. The van der Waals surface area contributed by atoms with Crippen LogP contribution in [0, 0.1) is 0 Å². The molecule has 6 nitrogen and oxygen atoms in total. The standard InChI is InChI=1S/C13H20N2O4S/c1-3-11-4-6-12(7-5-11)20(17,18)15-10-13(16)14-8-9-19-2/h4-7,15H,3,8-10H2,1-2H3,(H,14,16). The Morgan fingerprint density at radius 3 is 2.45 bits per heavy atom. The molecule has 0 aliphatic carbocycles. The van der Waals surface area contributed by atoms with Crippen molar-refractivity contribution in [3.8, 4) is 0 Å². The van der Waals surface area contributed by atoms with Crippen molar-refractivity contribution in [3.05, 3.63) is 29.8 Å². The summed E-state index contributed by atoms with van der Waals surface area (Å²) in [6.45, 7) is 2.44. The van der Waals surface area contributed by atoms with Crippen LogP contribution in [-0.2, 0) is 26.0 Å². The van der Waals surface area contributed by atoms with Crippen molar-refractivity contribution >= 4 is 15.9 Å². The molecule has 0 atom stereocenters. The summed E-state index contributed by atoms with van der Waals surface area (Å²) in [4.78, 5) is 11.6. The summed E-state index contributed by atoms with van der Waals surface area (Å²) in [7, 11) is -2.13. The first-order chi connectivity index (χ1) is 9.49. The van der Waals surface area contributed by atoms with E-state index in [0.29, 0.717) is 13.2 Å². The van der Waals surface area contributed by atoms with E-state index in [-0.39, 0.29) is 11.4 Å². The molecule has 0 radical (unpaired) electrons. The summed E-state index contributed by atoms with van der Waals surface area (Å²) >= 11 is 0. The van der Waals surface area contributed by atoms with Gasteiger partial charge in [0.25, 0.3) is 0 Å². The Kier molecular flexibility index (Phi) is 6.63. The van der Waals surface area contributed by atoms with Crippen LogP contribution in [0.5, 0.6) is 0 Å². The lowest BCUT2D eigenvalue weighted by molar-refractivity contribution is -0.120. The fraction of sp³-hybridized carbons (Fsp3) is 0.462. The minimum absolute atomic E-state index is 0.152. The Morgan fingerprint density at radius 1 is 1.25 bits per heavy atom. The molecular formula is C13H20N2O4S. The van der Waals surface area contributed by atoms with Crippen LogP contribution in [0.4, 0.5) is 0 Å². The molecule has 0 unspecified atom stereocenters. The molecule has 0 heterocycles. The van der Waals surface area contributed by atoms with Crippen LogP contribution >= 0.6 is 0 Å². The third-order valence-electron chi connectivity index (χ3n) is 2.69. The zero-order valence-electron chi connectivity index (χ0n) is 11.7. The minimum Gasteiger partial charge on any atom is -0.383 e. The number of amides is 1. The van der Waals surface area contributed by atoms with Crippen LogP contribution in [0.15, 0.2) is 29.2 Å². The number of methoxy groups -OCH3 is 1. The highest BCUT2D eigenvalue weighted by Crippen LogP contribution is 2.10. The van der Waals surface area contributed by atoms with Crippen LogP contribution in [-0.4, -0.2) is 41.1 Å².